The molecule has 3 aromatic heterocycles. The fraction of sp³-hybridized carbons (Fsp3) is 0.333. The molecule has 0 bridgehead atoms. The molecule has 144 valence electrons. The van der Waals surface area contributed by atoms with Gasteiger partial charge in [0, 0.05) is 0 Å². The van der Waals surface area contributed by atoms with Gasteiger partial charge in [-0.1, -0.05) is 5.21 Å². The molecule has 1 atom stereocenters. The zero-order valence-corrected chi connectivity index (χ0v) is 14.5. The minimum atomic E-state index is -2.74. The van der Waals surface area contributed by atoms with Crippen molar-refractivity contribution >= 4 is 21.8 Å². The van der Waals surface area contributed by atoms with Crippen molar-refractivity contribution in [3.8, 4) is 0 Å². The molecule has 4 aromatic rings. The van der Waals surface area contributed by atoms with Gasteiger partial charge in [-0.05, 0) is 24.3 Å². The van der Waals surface area contributed by atoms with Crippen LogP contribution < -0.4 is 11.1 Å². The van der Waals surface area contributed by atoms with Crippen LogP contribution >= 0.6 is 0 Å². The standard InChI is InChI=1S/C15H13F2N9O2/c1-8(4-26-20-6-19-22-26)24-7-18-11-2-10-12(3-9(11)14(24)27)21-23-25(15(10)28)5-13(16)17/h2-3,6-8,13H,4-5H2,1H3/t8-/m1/s1. The topological polar surface area (TPSA) is 126 Å². The molecule has 0 N–H and O–H groups in total. The largest absolute Gasteiger partial charge is 0.294 e. The molecule has 0 saturated heterocycles. The van der Waals surface area contributed by atoms with E-state index in [1.54, 1.807) is 6.92 Å². The molecule has 0 unspecified atom stereocenters. The fourth-order valence-corrected chi connectivity index (χ4v) is 2.87. The summed E-state index contributed by atoms with van der Waals surface area (Å²) in [5.41, 5.74) is -0.680. The van der Waals surface area contributed by atoms with Crippen molar-refractivity contribution in [3.63, 3.8) is 0 Å². The van der Waals surface area contributed by atoms with Crippen molar-refractivity contribution in [2.45, 2.75) is 32.5 Å². The first kappa shape index (κ1) is 17.8. The summed E-state index contributed by atoms with van der Waals surface area (Å²) < 4.78 is 27.1. The normalized spacial score (nSPS) is 12.9. The van der Waals surface area contributed by atoms with Gasteiger partial charge in [-0.2, -0.15) is 4.80 Å². The Morgan fingerprint density at radius 3 is 2.50 bits per heavy atom. The molecule has 13 heteroatoms. The van der Waals surface area contributed by atoms with Crippen LogP contribution in [-0.2, 0) is 13.1 Å². The minimum absolute atomic E-state index is 0.0627. The van der Waals surface area contributed by atoms with Crippen LogP contribution in [0.4, 0.5) is 8.78 Å². The van der Waals surface area contributed by atoms with Gasteiger partial charge in [0.05, 0.1) is 35.2 Å². The first-order chi connectivity index (χ1) is 13.4. The molecule has 28 heavy (non-hydrogen) atoms. The number of hydrogen-bond acceptors (Lipinski definition) is 8. The maximum Gasteiger partial charge on any atom is 0.277 e. The molecule has 0 radical (unpaired) electrons. The molecule has 0 saturated carbocycles. The average molecular weight is 389 g/mol. The molecule has 0 aliphatic rings. The molecule has 4 rings (SSSR count). The van der Waals surface area contributed by atoms with E-state index in [9.17, 15) is 18.4 Å². The van der Waals surface area contributed by atoms with Gasteiger partial charge < -0.3 is 0 Å². The van der Waals surface area contributed by atoms with Crippen molar-refractivity contribution in [2.75, 3.05) is 0 Å². The number of alkyl halides is 2. The second-order valence-electron chi connectivity index (χ2n) is 6.15. The van der Waals surface area contributed by atoms with Crippen LogP contribution in [0, 0.1) is 0 Å². The number of fused-ring (bicyclic) bond motifs is 2. The Balaban J connectivity index is 1.81. The van der Waals surface area contributed by atoms with Crippen LogP contribution in [0.5, 0.6) is 0 Å². The van der Waals surface area contributed by atoms with E-state index in [1.165, 1.54) is 34.2 Å². The molecular formula is C15H13F2N9O2. The summed E-state index contributed by atoms with van der Waals surface area (Å²) >= 11 is 0. The number of aromatic nitrogens is 9. The van der Waals surface area contributed by atoms with Crippen LogP contribution in [0.2, 0.25) is 0 Å². The molecule has 0 fully saturated rings. The van der Waals surface area contributed by atoms with Crippen LogP contribution in [0.3, 0.4) is 0 Å². The maximum atomic E-state index is 12.9. The van der Waals surface area contributed by atoms with E-state index < -0.39 is 18.5 Å². The Labute approximate surface area is 154 Å². The highest BCUT2D eigenvalue weighted by Gasteiger charge is 2.15. The Morgan fingerprint density at radius 2 is 1.79 bits per heavy atom. The van der Waals surface area contributed by atoms with E-state index in [0.29, 0.717) is 11.2 Å². The van der Waals surface area contributed by atoms with Gasteiger partial charge in [-0.15, -0.1) is 15.3 Å². The lowest BCUT2D eigenvalue weighted by molar-refractivity contribution is 0.118. The second-order valence-corrected chi connectivity index (χ2v) is 6.15. The highest BCUT2D eigenvalue weighted by atomic mass is 19.3. The van der Waals surface area contributed by atoms with E-state index in [0.717, 1.165) is 0 Å². The Kier molecular flexibility index (Phi) is 4.33. The number of tetrazole rings is 1. The third-order valence-corrected chi connectivity index (χ3v) is 4.23. The van der Waals surface area contributed by atoms with Gasteiger partial charge in [-0.3, -0.25) is 14.2 Å². The van der Waals surface area contributed by atoms with Crippen LogP contribution in [0.1, 0.15) is 13.0 Å². The summed E-state index contributed by atoms with van der Waals surface area (Å²) in [6.07, 6.45) is -0.0966. The van der Waals surface area contributed by atoms with E-state index in [2.05, 4.69) is 30.7 Å². The van der Waals surface area contributed by atoms with Gasteiger partial charge in [0.1, 0.15) is 12.1 Å². The summed E-state index contributed by atoms with van der Waals surface area (Å²) in [6.45, 7) is 1.24. The SMILES string of the molecule is C[C@H](Cn1ncnn1)n1cnc2cc3c(=O)n(CC(F)F)nnc3cc2c1=O. The minimum Gasteiger partial charge on any atom is -0.294 e. The molecule has 3 heterocycles. The smallest absolute Gasteiger partial charge is 0.277 e. The fourth-order valence-electron chi connectivity index (χ4n) is 2.87. The second kappa shape index (κ2) is 6.83. The summed E-state index contributed by atoms with van der Waals surface area (Å²) in [5.74, 6) is 0. The lowest BCUT2D eigenvalue weighted by Gasteiger charge is -2.14. The summed E-state index contributed by atoms with van der Waals surface area (Å²) in [5, 5.41) is 18.9. The predicted molar refractivity (Wildman–Crippen MR) is 91.9 cm³/mol. The zero-order valence-electron chi connectivity index (χ0n) is 14.5. The van der Waals surface area contributed by atoms with Crippen molar-refractivity contribution in [1.29, 1.82) is 0 Å². The highest BCUT2D eigenvalue weighted by molar-refractivity contribution is 5.93. The van der Waals surface area contributed by atoms with Gasteiger partial charge in [0.15, 0.2) is 6.33 Å². The van der Waals surface area contributed by atoms with Crippen LogP contribution in [-0.4, -0.2) is 51.2 Å². The zero-order chi connectivity index (χ0) is 19.8. The third kappa shape index (κ3) is 3.10. The van der Waals surface area contributed by atoms with Gasteiger partial charge in [0.2, 0.25) is 0 Å². The number of rotatable bonds is 5. The molecule has 0 aliphatic carbocycles. The number of hydrogen-bond donors (Lipinski definition) is 0. The molecular weight excluding hydrogens is 376 g/mol. The first-order valence-corrected chi connectivity index (χ1v) is 8.21. The van der Waals surface area contributed by atoms with E-state index in [1.807, 2.05) is 0 Å². The molecule has 11 nitrogen and oxygen atoms in total. The Bertz CT molecular complexity index is 1270. The average Bonchev–Trinajstić information content (AvgIpc) is 3.16. The number of nitrogens with zero attached hydrogens (tertiary/aromatic N) is 9. The maximum absolute atomic E-state index is 12.9. The first-order valence-electron chi connectivity index (χ1n) is 8.21. The van der Waals surface area contributed by atoms with Gasteiger partial charge in [0.25, 0.3) is 17.5 Å². The van der Waals surface area contributed by atoms with Gasteiger partial charge in [-0.25, -0.2) is 18.4 Å². The Hall–Kier alpha value is -3.64. The van der Waals surface area contributed by atoms with Gasteiger partial charge >= 0.3 is 0 Å². The van der Waals surface area contributed by atoms with Crippen LogP contribution in [0.15, 0.2) is 34.4 Å². The van der Waals surface area contributed by atoms with Crippen molar-refractivity contribution in [2.24, 2.45) is 0 Å². The molecule has 0 aliphatic heterocycles. The predicted octanol–water partition coefficient (Wildman–Crippen LogP) is 0.0142. The quantitative estimate of drug-likeness (QED) is 0.437. The van der Waals surface area contributed by atoms with Crippen molar-refractivity contribution in [3.05, 3.63) is 45.5 Å². The summed E-state index contributed by atoms with van der Waals surface area (Å²) in [6, 6.07) is 2.43. The van der Waals surface area contributed by atoms with Crippen LogP contribution in [0.25, 0.3) is 21.8 Å². The lowest BCUT2D eigenvalue weighted by atomic mass is 10.1. The van der Waals surface area contributed by atoms with Crippen molar-refractivity contribution < 1.29 is 8.78 Å². The molecule has 1 aromatic carbocycles. The lowest BCUT2D eigenvalue weighted by Crippen LogP contribution is -2.28. The Morgan fingerprint density at radius 1 is 1.04 bits per heavy atom. The highest BCUT2D eigenvalue weighted by Crippen LogP contribution is 2.15. The third-order valence-electron chi connectivity index (χ3n) is 4.23. The monoisotopic (exact) mass is 389 g/mol. The number of halogens is 2. The molecule has 0 amide bonds. The number of benzene rings is 1. The summed E-state index contributed by atoms with van der Waals surface area (Å²) in [7, 11) is 0. The van der Waals surface area contributed by atoms with E-state index in [-0.39, 0.29) is 33.4 Å². The van der Waals surface area contributed by atoms with E-state index in [4.69, 9.17) is 0 Å². The summed E-state index contributed by atoms with van der Waals surface area (Å²) in [4.78, 5) is 30.8. The van der Waals surface area contributed by atoms with Crippen molar-refractivity contribution in [1.82, 2.24) is 44.8 Å². The van der Waals surface area contributed by atoms with E-state index >= 15 is 0 Å². The molecule has 0 spiro atoms.